The number of halogens is 1. The Morgan fingerprint density at radius 3 is 2.42 bits per heavy atom. The van der Waals surface area contributed by atoms with Crippen LogP contribution in [0, 0.1) is 0 Å². The highest BCUT2D eigenvalue weighted by Crippen LogP contribution is 2.09. The molecule has 1 heterocycles. The first-order chi connectivity index (χ1) is 5.50. The number of hydrogen-bond acceptors (Lipinski definition) is 3. The highest BCUT2D eigenvalue weighted by molar-refractivity contribution is 14.1. The fourth-order valence-corrected chi connectivity index (χ4v) is 2.62. The number of sulfonamides is 1. The predicted octanol–water partition coefficient (Wildman–Crippen LogP) is 0.304. The second kappa shape index (κ2) is 4.21. The van der Waals surface area contributed by atoms with Gasteiger partial charge in [0.05, 0.1) is 6.26 Å². The van der Waals surface area contributed by atoms with E-state index in [2.05, 4.69) is 26.0 Å². The van der Waals surface area contributed by atoms with E-state index in [4.69, 9.17) is 0 Å². The topological polar surface area (TPSA) is 40.6 Å². The first-order valence-corrected chi connectivity index (χ1v) is 6.67. The first-order valence-electron chi connectivity index (χ1n) is 3.86. The van der Waals surface area contributed by atoms with Gasteiger partial charge in [-0.25, -0.2) is 15.8 Å². The molecule has 0 aromatic rings. The summed E-state index contributed by atoms with van der Waals surface area (Å²) >= 11 is 2.23. The lowest BCUT2D eigenvalue weighted by molar-refractivity contribution is 0.430. The van der Waals surface area contributed by atoms with Crippen LogP contribution >= 0.6 is 22.9 Å². The molecule has 0 aromatic heterocycles. The smallest absolute Gasteiger partial charge is 0.211 e. The monoisotopic (exact) mass is 304 g/mol. The summed E-state index contributed by atoms with van der Waals surface area (Å²) in [4.78, 5) is 0. The summed E-state index contributed by atoms with van der Waals surface area (Å²) in [5.41, 5.74) is 0. The van der Waals surface area contributed by atoms with Crippen LogP contribution in [0.4, 0.5) is 0 Å². The van der Waals surface area contributed by atoms with E-state index in [1.165, 1.54) is 6.26 Å². The van der Waals surface area contributed by atoms with Crippen LogP contribution in [0.15, 0.2) is 0 Å². The van der Waals surface area contributed by atoms with Gasteiger partial charge < -0.3 is 0 Å². The predicted molar refractivity (Wildman–Crippen MR) is 56.6 cm³/mol. The molecule has 0 radical (unpaired) electrons. The van der Waals surface area contributed by atoms with Crippen LogP contribution in [-0.4, -0.2) is 48.3 Å². The second-order valence-electron chi connectivity index (χ2n) is 2.93. The van der Waals surface area contributed by atoms with Crippen molar-refractivity contribution in [1.82, 2.24) is 7.42 Å². The lowest BCUT2D eigenvalue weighted by Crippen LogP contribution is -2.32. The van der Waals surface area contributed by atoms with Crippen LogP contribution in [0.5, 0.6) is 0 Å². The number of rotatable bonds is 1. The molecule has 0 aliphatic carbocycles. The van der Waals surface area contributed by atoms with Gasteiger partial charge in [-0.1, -0.05) is 0 Å². The van der Waals surface area contributed by atoms with Gasteiger partial charge in [-0.2, -0.15) is 0 Å². The number of hydrogen-bond donors (Lipinski definition) is 0. The van der Waals surface area contributed by atoms with Crippen molar-refractivity contribution in [2.75, 3.05) is 32.4 Å². The molecule has 0 aromatic carbocycles. The van der Waals surface area contributed by atoms with Crippen LogP contribution < -0.4 is 0 Å². The Bertz CT molecular complexity index is 242. The van der Waals surface area contributed by atoms with Crippen molar-refractivity contribution in [3.63, 3.8) is 0 Å². The van der Waals surface area contributed by atoms with E-state index in [0.717, 1.165) is 19.5 Å². The molecule has 0 N–H and O–H groups in total. The summed E-state index contributed by atoms with van der Waals surface area (Å²) in [6.07, 6.45) is 2.20. The van der Waals surface area contributed by atoms with E-state index in [1.807, 2.05) is 0 Å². The minimum atomic E-state index is -2.97. The zero-order chi connectivity index (χ0) is 9.19. The SMILES string of the molecule is CS(=O)(=O)N1CCCN(I)CC1. The fraction of sp³-hybridized carbons (Fsp3) is 1.00. The van der Waals surface area contributed by atoms with E-state index >= 15 is 0 Å². The zero-order valence-corrected chi connectivity index (χ0v) is 10.0. The largest absolute Gasteiger partial charge is 0.246 e. The average Bonchev–Trinajstić information content (AvgIpc) is 2.11. The summed E-state index contributed by atoms with van der Waals surface area (Å²) in [7, 11) is -2.97. The molecule has 1 fully saturated rings. The summed E-state index contributed by atoms with van der Waals surface area (Å²) in [6, 6.07) is 0. The lowest BCUT2D eigenvalue weighted by atomic mass is 10.4. The van der Waals surface area contributed by atoms with Crippen molar-refractivity contribution in [1.29, 1.82) is 0 Å². The normalized spacial score (nSPS) is 23.8. The average molecular weight is 304 g/mol. The molecule has 0 amide bonds. The zero-order valence-electron chi connectivity index (χ0n) is 7.03. The third-order valence-corrected chi connectivity index (χ3v) is 4.14. The summed E-state index contributed by atoms with van der Waals surface area (Å²) in [5, 5.41) is 0. The molecule has 0 bridgehead atoms. The van der Waals surface area contributed by atoms with Crippen LogP contribution in [0.2, 0.25) is 0 Å². The van der Waals surface area contributed by atoms with Gasteiger partial charge in [0, 0.05) is 49.0 Å². The van der Waals surface area contributed by atoms with Gasteiger partial charge in [0.2, 0.25) is 10.0 Å². The molecule has 72 valence electrons. The van der Waals surface area contributed by atoms with Crippen LogP contribution in [0.1, 0.15) is 6.42 Å². The maximum atomic E-state index is 11.2. The Labute approximate surface area is 87.5 Å². The molecule has 12 heavy (non-hydrogen) atoms. The van der Waals surface area contributed by atoms with Crippen molar-refractivity contribution in [3.8, 4) is 0 Å². The highest BCUT2D eigenvalue weighted by Gasteiger charge is 2.19. The van der Waals surface area contributed by atoms with Crippen molar-refractivity contribution >= 4 is 32.9 Å². The minimum Gasteiger partial charge on any atom is -0.246 e. The molecule has 1 aliphatic rings. The standard InChI is InChI=1S/C6H13IN2O2S/c1-12(10,11)9-4-2-3-8(7)5-6-9/h2-6H2,1H3. The second-order valence-corrected chi connectivity index (χ2v) is 6.27. The van der Waals surface area contributed by atoms with Crippen molar-refractivity contribution < 1.29 is 8.42 Å². The maximum absolute atomic E-state index is 11.2. The van der Waals surface area contributed by atoms with Gasteiger partial charge in [-0.05, 0) is 6.42 Å². The number of nitrogens with zero attached hydrogens (tertiary/aromatic N) is 2. The highest BCUT2D eigenvalue weighted by atomic mass is 127. The first kappa shape index (κ1) is 10.7. The van der Waals surface area contributed by atoms with E-state index in [-0.39, 0.29) is 0 Å². The van der Waals surface area contributed by atoms with Gasteiger partial charge in [0.15, 0.2) is 0 Å². The summed E-state index contributed by atoms with van der Waals surface area (Å²) in [5.74, 6) is 0. The fourth-order valence-electron chi connectivity index (χ4n) is 1.19. The van der Waals surface area contributed by atoms with Crippen LogP contribution in [-0.2, 0) is 10.0 Å². The Morgan fingerprint density at radius 2 is 1.83 bits per heavy atom. The van der Waals surface area contributed by atoms with E-state index in [1.54, 1.807) is 4.31 Å². The van der Waals surface area contributed by atoms with Gasteiger partial charge in [-0.3, -0.25) is 0 Å². The minimum absolute atomic E-state index is 0.627. The molecule has 0 atom stereocenters. The van der Waals surface area contributed by atoms with Crippen LogP contribution in [0.25, 0.3) is 0 Å². The molecule has 0 saturated carbocycles. The van der Waals surface area contributed by atoms with Crippen molar-refractivity contribution in [2.45, 2.75) is 6.42 Å². The molecule has 6 heteroatoms. The molecule has 4 nitrogen and oxygen atoms in total. The van der Waals surface area contributed by atoms with E-state index in [0.29, 0.717) is 13.1 Å². The molecule has 1 aliphatic heterocycles. The van der Waals surface area contributed by atoms with Gasteiger partial charge in [0.25, 0.3) is 0 Å². The molecule has 1 rings (SSSR count). The van der Waals surface area contributed by atoms with Crippen molar-refractivity contribution in [2.24, 2.45) is 0 Å². The van der Waals surface area contributed by atoms with Gasteiger partial charge in [0.1, 0.15) is 0 Å². The molecular formula is C6H13IN2O2S. The molecule has 0 unspecified atom stereocenters. The van der Waals surface area contributed by atoms with E-state index in [9.17, 15) is 8.42 Å². The lowest BCUT2D eigenvalue weighted by Gasteiger charge is -2.16. The molecule has 0 spiro atoms. The Morgan fingerprint density at radius 1 is 1.17 bits per heavy atom. The summed E-state index contributed by atoms with van der Waals surface area (Å²) in [6.45, 7) is 3.10. The maximum Gasteiger partial charge on any atom is 0.211 e. The Hall–Kier alpha value is 0.600. The third-order valence-electron chi connectivity index (χ3n) is 1.87. The molecule has 1 saturated heterocycles. The van der Waals surface area contributed by atoms with Crippen LogP contribution in [0.3, 0.4) is 0 Å². The Balaban J connectivity index is 2.58. The Kier molecular flexibility index (Phi) is 3.74. The van der Waals surface area contributed by atoms with Crippen molar-refractivity contribution in [3.05, 3.63) is 0 Å². The van der Waals surface area contributed by atoms with E-state index < -0.39 is 10.0 Å². The molecular weight excluding hydrogens is 291 g/mol. The van der Waals surface area contributed by atoms with Gasteiger partial charge in [-0.15, -0.1) is 0 Å². The third kappa shape index (κ3) is 3.15. The van der Waals surface area contributed by atoms with Gasteiger partial charge >= 0.3 is 0 Å². The summed E-state index contributed by atoms with van der Waals surface area (Å²) < 4.78 is 26.0. The quantitative estimate of drug-likeness (QED) is 0.517.